The van der Waals surface area contributed by atoms with Gasteiger partial charge in [-0.2, -0.15) is 0 Å². The van der Waals surface area contributed by atoms with Crippen LogP contribution in [0, 0.1) is 34.5 Å². The monoisotopic (exact) mass is 789 g/mol. The second-order valence-corrected chi connectivity index (χ2v) is 19.6. The molecule has 0 heterocycles. The van der Waals surface area contributed by atoms with Crippen LogP contribution in [0.5, 0.6) is 0 Å². The average molecular weight is 789 g/mol. The molecule has 0 saturated heterocycles. The van der Waals surface area contributed by atoms with E-state index >= 15 is 0 Å². The first kappa shape index (κ1) is 55.5. The second-order valence-electron chi connectivity index (χ2n) is 19.6. The molecule has 0 aliphatic heterocycles. The first-order valence-electron chi connectivity index (χ1n) is 26.4. The number of rotatable bonds is 44. The van der Waals surface area contributed by atoms with Crippen molar-refractivity contribution in [3.05, 3.63) is 0 Å². The van der Waals surface area contributed by atoms with Crippen molar-refractivity contribution >= 4 is 5.97 Å². The fraction of sp³-hybridized carbons (Fsp3) is 0.981. The van der Waals surface area contributed by atoms with Gasteiger partial charge in [-0.1, -0.05) is 287 Å². The number of aliphatic carboxylic acids is 1. The van der Waals surface area contributed by atoms with E-state index in [9.17, 15) is 9.90 Å². The molecule has 0 aromatic heterocycles. The zero-order chi connectivity index (χ0) is 41.8. The van der Waals surface area contributed by atoms with E-state index in [2.05, 4.69) is 62.3 Å². The molecule has 0 aliphatic rings. The molecule has 0 amide bonds. The summed E-state index contributed by atoms with van der Waals surface area (Å²) in [5.74, 6) is 0.813. The summed E-state index contributed by atoms with van der Waals surface area (Å²) in [6, 6.07) is 0. The van der Waals surface area contributed by atoms with Gasteiger partial charge in [0, 0.05) is 0 Å². The van der Waals surface area contributed by atoms with E-state index in [4.69, 9.17) is 0 Å². The van der Waals surface area contributed by atoms with Crippen LogP contribution in [0.25, 0.3) is 0 Å². The topological polar surface area (TPSA) is 37.3 Å². The summed E-state index contributed by atoms with van der Waals surface area (Å²) in [5.41, 5.74) is -0.876. The molecule has 0 spiro atoms. The highest BCUT2D eigenvalue weighted by atomic mass is 16.4. The van der Waals surface area contributed by atoms with Crippen LogP contribution in [0.3, 0.4) is 0 Å². The molecular formula is C54H108O2. The van der Waals surface area contributed by atoms with E-state index in [1.54, 1.807) is 0 Å². The molecule has 4 atom stereocenters. The zero-order valence-electron chi connectivity index (χ0n) is 40.5. The van der Waals surface area contributed by atoms with Gasteiger partial charge in [0.05, 0.1) is 5.41 Å². The smallest absolute Gasteiger partial charge is 0.310 e. The van der Waals surface area contributed by atoms with E-state index in [1.807, 2.05) is 0 Å². The minimum Gasteiger partial charge on any atom is -0.481 e. The van der Waals surface area contributed by atoms with Crippen LogP contribution in [0.1, 0.15) is 306 Å². The lowest BCUT2D eigenvalue weighted by Gasteiger charge is -2.61. The highest BCUT2D eigenvalue weighted by molar-refractivity contribution is 5.77. The average Bonchev–Trinajstić information content (AvgIpc) is 3.18. The molecule has 0 saturated carbocycles. The van der Waals surface area contributed by atoms with E-state index in [0.717, 1.165) is 19.3 Å². The minimum atomic E-state index is -0.691. The fourth-order valence-electron chi connectivity index (χ4n) is 11.6. The van der Waals surface area contributed by atoms with Gasteiger partial charge in [0.15, 0.2) is 0 Å². The van der Waals surface area contributed by atoms with E-state index in [-0.39, 0.29) is 17.3 Å². The van der Waals surface area contributed by atoms with Crippen LogP contribution in [0.2, 0.25) is 0 Å². The third-order valence-corrected chi connectivity index (χ3v) is 15.1. The van der Waals surface area contributed by atoms with Crippen LogP contribution in [0.4, 0.5) is 0 Å². The van der Waals surface area contributed by atoms with Crippen molar-refractivity contribution in [3.63, 3.8) is 0 Å². The Labute approximate surface area is 355 Å². The molecule has 0 aromatic carbocycles. The standard InChI is InChI=1S/C54H108O2/c1-10-15-20-25-30-31-32-37-42-47-53(48(6)43-38-33-26-21-16-11-2,49(7)44-39-34-27-22-17-12-3)54(52(55)56,50(8)45-40-35-28-23-18-13-4)51(9)46-41-36-29-24-19-14-5/h48-51H,10-47H2,1-9H3,(H,55,56). The summed E-state index contributed by atoms with van der Waals surface area (Å²) >= 11 is 0. The minimum absolute atomic E-state index is 0.184. The van der Waals surface area contributed by atoms with Crippen molar-refractivity contribution in [2.24, 2.45) is 34.5 Å². The lowest BCUT2D eigenvalue weighted by atomic mass is 9.42. The lowest BCUT2D eigenvalue weighted by molar-refractivity contribution is -0.194. The SMILES string of the molecule is CCCCCCCCCCCC(C(C)CCCCCCCC)(C(C)CCCCCCCC)C(C(=O)O)(C(C)CCCCCCCC)C(C)CCCCCCCC. The van der Waals surface area contributed by atoms with Gasteiger partial charge in [-0.3, -0.25) is 4.79 Å². The molecule has 0 fully saturated rings. The fourth-order valence-corrected chi connectivity index (χ4v) is 11.6. The molecule has 0 aromatic rings. The summed E-state index contributed by atoms with van der Waals surface area (Å²) < 4.78 is 0. The number of carbonyl (C=O) groups is 1. The Bertz CT molecular complexity index is 788. The van der Waals surface area contributed by atoms with E-state index in [1.165, 1.54) is 225 Å². The number of unbranched alkanes of at least 4 members (excludes halogenated alkanes) is 28. The summed E-state index contributed by atoms with van der Waals surface area (Å²) in [6.07, 6.45) is 48.9. The summed E-state index contributed by atoms with van der Waals surface area (Å²) in [6.45, 7) is 21.6. The Kier molecular flexibility index (Phi) is 37.1. The first-order valence-corrected chi connectivity index (χ1v) is 26.4. The van der Waals surface area contributed by atoms with Crippen LogP contribution in [-0.2, 0) is 4.79 Å². The predicted octanol–water partition coefficient (Wildman–Crippen LogP) is 19.5. The molecule has 336 valence electrons. The molecule has 4 unspecified atom stereocenters. The van der Waals surface area contributed by atoms with E-state index in [0.29, 0.717) is 11.8 Å². The number of carboxylic acid groups (broad SMARTS) is 1. The van der Waals surface area contributed by atoms with Crippen molar-refractivity contribution < 1.29 is 9.90 Å². The summed E-state index contributed by atoms with van der Waals surface area (Å²) in [4.78, 5) is 14.9. The summed E-state index contributed by atoms with van der Waals surface area (Å²) in [7, 11) is 0. The van der Waals surface area contributed by atoms with E-state index < -0.39 is 11.4 Å². The molecule has 0 aliphatic carbocycles. The summed E-state index contributed by atoms with van der Waals surface area (Å²) in [5, 5.41) is 12.2. The van der Waals surface area contributed by atoms with Crippen LogP contribution < -0.4 is 0 Å². The molecule has 0 bridgehead atoms. The van der Waals surface area contributed by atoms with Gasteiger partial charge >= 0.3 is 5.97 Å². The highest BCUT2D eigenvalue weighted by Gasteiger charge is 2.64. The quantitative estimate of drug-likeness (QED) is 0.0625. The van der Waals surface area contributed by atoms with Gasteiger partial charge in [-0.15, -0.1) is 0 Å². The Morgan fingerprint density at radius 2 is 0.554 bits per heavy atom. The maximum absolute atomic E-state index is 14.9. The lowest BCUT2D eigenvalue weighted by Crippen LogP contribution is -2.61. The van der Waals surface area contributed by atoms with Gasteiger partial charge in [0.25, 0.3) is 0 Å². The number of hydrogen-bond donors (Lipinski definition) is 1. The van der Waals surface area contributed by atoms with Crippen molar-refractivity contribution in [3.8, 4) is 0 Å². The van der Waals surface area contributed by atoms with Gasteiger partial charge in [-0.25, -0.2) is 0 Å². The molecule has 0 radical (unpaired) electrons. The van der Waals surface area contributed by atoms with Crippen LogP contribution in [-0.4, -0.2) is 11.1 Å². The number of hydrogen-bond acceptors (Lipinski definition) is 1. The molecule has 0 rings (SSSR count). The molecule has 1 N–H and O–H groups in total. The first-order chi connectivity index (χ1) is 27.2. The molecular weight excluding hydrogens is 681 g/mol. The Morgan fingerprint density at radius 1 is 0.339 bits per heavy atom. The Balaban J connectivity index is 7.03. The van der Waals surface area contributed by atoms with Gasteiger partial charge < -0.3 is 5.11 Å². The van der Waals surface area contributed by atoms with Crippen molar-refractivity contribution in [1.29, 1.82) is 0 Å². The van der Waals surface area contributed by atoms with Crippen molar-refractivity contribution in [1.82, 2.24) is 0 Å². The van der Waals surface area contributed by atoms with Crippen molar-refractivity contribution in [2.75, 3.05) is 0 Å². The molecule has 2 heteroatoms. The van der Waals surface area contributed by atoms with Crippen molar-refractivity contribution in [2.45, 2.75) is 306 Å². The Hall–Kier alpha value is -0.530. The third-order valence-electron chi connectivity index (χ3n) is 15.1. The normalized spacial score (nSPS) is 16.3. The van der Waals surface area contributed by atoms with Gasteiger partial charge in [-0.05, 0) is 48.3 Å². The molecule has 2 nitrogen and oxygen atoms in total. The zero-order valence-corrected chi connectivity index (χ0v) is 40.5. The van der Waals surface area contributed by atoms with Gasteiger partial charge in [0.1, 0.15) is 0 Å². The maximum Gasteiger partial charge on any atom is 0.310 e. The predicted molar refractivity (Wildman–Crippen MR) is 253 cm³/mol. The van der Waals surface area contributed by atoms with Crippen LogP contribution in [0.15, 0.2) is 0 Å². The third kappa shape index (κ3) is 21.6. The molecule has 56 heavy (non-hydrogen) atoms. The van der Waals surface area contributed by atoms with Gasteiger partial charge in [0.2, 0.25) is 0 Å². The second kappa shape index (κ2) is 37.5. The highest BCUT2D eigenvalue weighted by Crippen LogP contribution is 2.64. The largest absolute Gasteiger partial charge is 0.481 e. The number of carboxylic acids is 1. The maximum atomic E-state index is 14.9. The Morgan fingerprint density at radius 3 is 0.804 bits per heavy atom. The van der Waals surface area contributed by atoms with Crippen LogP contribution >= 0.6 is 0 Å².